The molecule has 1 fully saturated rings. The lowest BCUT2D eigenvalue weighted by Crippen LogP contribution is -2.69. The number of hydrogen-bond donors (Lipinski definition) is 3. The predicted molar refractivity (Wildman–Crippen MR) is 86.6 cm³/mol. The predicted octanol–water partition coefficient (Wildman–Crippen LogP) is -2.97. The summed E-state index contributed by atoms with van der Waals surface area (Å²) in [5.74, 6) is -1.19. The van der Waals surface area contributed by atoms with Crippen LogP contribution < -0.4 is 10.6 Å². The first-order valence-electron chi connectivity index (χ1n) is 7.30. The molecular weight excluding hydrogens is 396 g/mol. The molecule has 14 heteroatoms. The fraction of sp³-hybridized carbons (Fsp3) is 0.833. The van der Waals surface area contributed by atoms with Gasteiger partial charge in [-0.25, -0.2) is 0 Å². The van der Waals surface area contributed by atoms with Crippen LogP contribution in [-0.4, -0.2) is 83.5 Å². The Balaban J connectivity index is 3.25. The lowest BCUT2D eigenvalue weighted by molar-refractivity contribution is -0.223. The third kappa shape index (κ3) is 7.51. The number of ether oxygens (including phenoxy) is 1. The van der Waals surface area contributed by atoms with Crippen LogP contribution in [0.2, 0.25) is 0 Å². The molecule has 0 aromatic rings. The van der Waals surface area contributed by atoms with Gasteiger partial charge in [-0.3, -0.25) is 18.0 Å². The fourth-order valence-electron chi connectivity index (χ4n) is 2.40. The van der Waals surface area contributed by atoms with E-state index in [1.165, 1.54) is 0 Å². The molecule has 1 heterocycles. The van der Waals surface area contributed by atoms with Crippen LogP contribution >= 0.6 is 0 Å². The molecule has 1 rings (SSSR count). The number of aliphatic hydroxyl groups excluding tert-OH is 1. The van der Waals surface area contributed by atoms with E-state index in [9.17, 15) is 31.5 Å². The largest absolute Gasteiger partial charge is 0.366 e. The fourth-order valence-corrected chi connectivity index (χ4v) is 3.43. The monoisotopic (exact) mass is 418 g/mol. The first-order valence-corrected chi connectivity index (χ1v) is 10.9. The molecule has 0 aromatic heterocycles. The molecular formula is C12H22N2O10S2. The van der Waals surface area contributed by atoms with Crippen molar-refractivity contribution >= 4 is 32.1 Å². The molecule has 0 aliphatic carbocycles. The van der Waals surface area contributed by atoms with Crippen molar-refractivity contribution in [1.29, 1.82) is 0 Å². The van der Waals surface area contributed by atoms with Crippen LogP contribution in [0.3, 0.4) is 0 Å². The van der Waals surface area contributed by atoms with E-state index >= 15 is 0 Å². The van der Waals surface area contributed by atoms with Crippen molar-refractivity contribution in [3.05, 3.63) is 0 Å². The van der Waals surface area contributed by atoms with Gasteiger partial charge in [0.15, 0.2) is 6.29 Å². The average Bonchev–Trinajstić information content (AvgIpc) is 2.41. The molecule has 0 bridgehead atoms. The van der Waals surface area contributed by atoms with Crippen molar-refractivity contribution in [2.45, 2.75) is 44.4 Å². The van der Waals surface area contributed by atoms with E-state index in [1.54, 1.807) is 0 Å². The van der Waals surface area contributed by atoms with Gasteiger partial charge in [0, 0.05) is 13.8 Å². The molecule has 152 valence electrons. The molecule has 0 radical (unpaired) electrons. The zero-order valence-electron chi connectivity index (χ0n) is 14.5. The summed E-state index contributed by atoms with van der Waals surface area (Å²) in [6.45, 7) is 1.59. The van der Waals surface area contributed by atoms with Crippen molar-refractivity contribution in [3.8, 4) is 0 Å². The van der Waals surface area contributed by atoms with Crippen LogP contribution in [0.1, 0.15) is 13.8 Å². The van der Waals surface area contributed by atoms with Gasteiger partial charge < -0.3 is 20.5 Å². The Labute approximate surface area is 151 Å². The number of carbonyl (C=O) groups excluding carboxylic acids is 2. The van der Waals surface area contributed by atoms with Gasteiger partial charge in [0.1, 0.15) is 18.2 Å². The summed E-state index contributed by atoms with van der Waals surface area (Å²) in [6, 6.07) is -2.50. The van der Waals surface area contributed by atoms with Crippen molar-refractivity contribution < 1.29 is 44.6 Å². The number of hydrogen-bond acceptors (Lipinski definition) is 10. The van der Waals surface area contributed by atoms with Gasteiger partial charge in [0.25, 0.3) is 20.2 Å². The smallest absolute Gasteiger partial charge is 0.264 e. The van der Waals surface area contributed by atoms with Crippen molar-refractivity contribution in [2.24, 2.45) is 0 Å². The molecule has 0 aromatic carbocycles. The number of amides is 2. The molecule has 3 N–H and O–H groups in total. The summed E-state index contributed by atoms with van der Waals surface area (Å²) >= 11 is 0. The Hall–Kier alpha value is -1.32. The quantitative estimate of drug-likeness (QED) is 0.362. The molecule has 0 spiro atoms. The minimum absolute atomic E-state index is 0.586. The molecule has 0 unspecified atom stereocenters. The van der Waals surface area contributed by atoms with Crippen molar-refractivity contribution in [2.75, 3.05) is 19.1 Å². The average molecular weight is 418 g/mol. The number of aliphatic hydroxyl groups is 1. The maximum Gasteiger partial charge on any atom is 0.264 e. The van der Waals surface area contributed by atoms with Gasteiger partial charge in [-0.05, 0) is 0 Å². The van der Waals surface area contributed by atoms with Gasteiger partial charge in [0.05, 0.1) is 25.2 Å². The lowest BCUT2D eigenvalue weighted by atomic mass is 9.94. The normalized spacial score (nSPS) is 29.8. The summed E-state index contributed by atoms with van der Waals surface area (Å²) in [5, 5.41) is 14.8. The SMILES string of the molecule is CC(=O)N[C@@H]1[C@@H](NC(C)=O)[C@@H](O)O[C@H](COS(C)(=O)=O)[C@H]1OS(C)(=O)=O. The molecule has 5 atom stereocenters. The van der Waals surface area contributed by atoms with Crippen LogP contribution in [-0.2, 0) is 42.9 Å². The maximum atomic E-state index is 11.6. The summed E-state index contributed by atoms with van der Waals surface area (Å²) in [4.78, 5) is 22.9. The van der Waals surface area contributed by atoms with Gasteiger partial charge in [-0.1, -0.05) is 0 Å². The highest BCUT2D eigenvalue weighted by atomic mass is 32.2. The zero-order valence-corrected chi connectivity index (χ0v) is 16.2. The van der Waals surface area contributed by atoms with E-state index in [-0.39, 0.29) is 0 Å². The summed E-state index contributed by atoms with van der Waals surface area (Å²) in [6.07, 6.45) is -3.04. The second kappa shape index (κ2) is 8.58. The van der Waals surface area contributed by atoms with Crippen molar-refractivity contribution in [3.63, 3.8) is 0 Å². The van der Waals surface area contributed by atoms with E-state index in [2.05, 4.69) is 14.8 Å². The molecule has 1 aliphatic heterocycles. The standard InChI is InChI=1S/C12H22N2O10S2/c1-6(15)13-9-10(14-7(2)16)12(17)23-8(5-22-25(3,18)19)11(9)24-26(4,20)21/h8-12,17H,5H2,1-4H3,(H,13,15)(H,14,16)/t8-,9-,10-,11-,12+/m1/s1. The van der Waals surface area contributed by atoms with E-state index in [0.29, 0.717) is 0 Å². The Morgan fingerprint density at radius 3 is 1.92 bits per heavy atom. The molecule has 2 amide bonds. The maximum absolute atomic E-state index is 11.6. The van der Waals surface area contributed by atoms with E-state index in [1.807, 2.05) is 0 Å². The lowest BCUT2D eigenvalue weighted by Gasteiger charge is -2.44. The molecule has 1 saturated heterocycles. The van der Waals surface area contributed by atoms with Gasteiger partial charge >= 0.3 is 0 Å². The van der Waals surface area contributed by atoms with E-state index in [0.717, 1.165) is 26.4 Å². The highest BCUT2D eigenvalue weighted by Crippen LogP contribution is 2.25. The van der Waals surface area contributed by atoms with Gasteiger partial charge in [-0.2, -0.15) is 16.8 Å². The Bertz CT molecular complexity index is 735. The molecule has 0 saturated carbocycles. The highest BCUT2D eigenvalue weighted by molar-refractivity contribution is 7.86. The van der Waals surface area contributed by atoms with Crippen LogP contribution in [0.4, 0.5) is 0 Å². The Kier molecular flexibility index (Phi) is 7.50. The second-order valence-corrected chi connectivity index (χ2v) is 9.02. The number of nitrogens with one attached hydrogen (secondary N) is 2. The second-order valence-electron chi connectivity index (χ2n) is 5.77. The van der Waals surface area contributed by atoms with Crippen LogP contribution in [0.5, 0.6) is 0 Å². The summed E-state index contributed by atoms with van der Waals surface area (Å²) in [7, 11) is -7.98. The number of carbonyl (C=O) groups is 2. The Morgan fingerprint density at radius 2 is 1.50 bits per heavy atom. The van der Waals surface area contributed by atoms with Gasteiger partial charge in [-0.15, -0.1) is 0 Å². The first kappa shape index (κ1) is 22.7. The van der Waals surface area contributed by atoms with Crippen molar-refractivity contribution in [1.82, 2.24) is 10.6 Å². The first-order chi connectivity index (χ1) is 11.7. The van der Waals surface area contributed by atoms with E-state index < -0.39 is 69.2 Å². The van der Waals surface area contributed by atoms with Crippen LogP contribution in [0.25, 0.3) is 0 Å². The number of rotatable bonds is 7. The van der Waals surface area contributed by atoms with Gasteiger partial charge in [0.2, 0.25) is 11.8 Å². The van der Waals surface area contributed by atoms with Crippen LogP contribution in [0, 0.1) is 0 Å². The third-order valence-corrected chi connectivity index (χ3v) is 4.34. The zero-order chi connectivity index (χ0) is 20.3. The topological polar surface area (TPSA) is 174 Å². The van der Waals surface area contributed by atoms with Crippen LogP contribution in [0.15, 0.2) is 0 Å². The minimum atomic E-state index is -4.08. The molecule has 1 aliphatic rings. The Morgan fingerprint density at radius 1 is 1.00 bits per heavy atom. The molecule has 12 nitrogen and oxygen atoms in total. The molecule has 26 heavy (non-hydrogen) atoms. The highest BCUT2D eigenvalue weighted by Gasteiger charge is 2.48. The summed E-state index contributed by atoms with van der Waals surface area (Å²) in [5.41, 5.74) is 0. The van der Waals surface area contributed by atoms with E-state index in [4.69, 9.17) is 8.92 Å². The summed E-state index contributed by atoms with van der Waals surface area (Å²) < 4.78 is 60.3. The third-order valence-electron chi connectivity index (χ3n) is 3.20. The minimum Gasteiger partial charge on any atom is -0.366 e.